The Hall–Kier alpha value is -3.09. The molecule has 0 atom stereocenters. The lowest BCUT2D eigenvalue weighted by molar-refractivity contribution is -0.137. The van der Waals surface area contributed by atoms with Gasteiger partial charge in [0.25, 0.3) is 5.91 Å². The Morgan fingerprint density at radius 1 is 1.00 bits per heavy atom. The highest BCUT2D eigenvalue weighted by Crippen LogP contribution is 2.29. The van der Waals surface area contributed by atoms with Gasteiger partial charge in [0.2, 0.25) is 0 Å². The number of carbonyl (C=O) groups excluding carboxylic acids is 1. The number of anilines is 1. The first-order chi connectivity index (χ1) is 11.3. The van der Waals surface area contributed by atoms with Crippen molar-refractivity contribution >= 4 is 22.6 Å². The quantitative estimate of drug-likeness (QED) is 0.719. The van der Waals surface area contributed by atoms with Crippen molar-refractivity contribution in [3.63, 3.8) is 0 Å². The number of fused-ring (bicyclic) bond motifs is 1. The van der Waals surface area contributed by atoms with E-state index in [4.69, 9.17) is 4.42 Å². The van der Waals surface area contributed by atoms with Gasteiger partial charge in [-0.1, -0.05) is 6.07 Å². The van der Waals surface area contributed by atoms with Crippen LogP contribution in [0.1, 0.15) is 15.9 Å². The van der Waals surface area contributed by atoms with Crippen LogP contribution in [-0.4, -0.2) is 5.91 Å². The van der Waals surface area contributed by atoms with E-state index in [1.54, 1.807) is 6.07 Å². The van der Waals surface area contributed by atoms with E-state index in [0.717, 1.165) is 12.1 Å². The van der Waals surface area contributed by atoms with Gasteiger partial charge in [-0.15, -0.1) is 0 Å². The molecule has 0 aliphatic rings. The molecule has 0 bridgehead atoms. The highest BCUT2D eigenvalue weighted by atomic mass is 19.4. The smallest absolute Gasteiger partial charge is 0.416 e. The number of nitrogens with one attached hydrogen (secondary N) is 1. The number of alkyl halides is 3. The molecule has 7 heteroatoms. The zero-order valence-electron chi connectivity index (χ0n) is 12.1. The molecule has 3 rings (SSSR count). The summed E-state index contributed by atoms with van der Waals surface area (Å²) in [7, 11) is 0. The molecule has 2 aromatic carbocycles. The van der Waals surface area contributed by atoms with Crippen LogP contribution in [0, 0.1) is 0 Å². The van der Waals surface area contributed by atoms with Crippen LogP contribution in [0.15, 0.2) is 63.8 Å². The zero-order chi connectivity index (χ0) is 17.3. The fraction of sp³-hybridized carbons (Fsp3) is 0.0588. The van der Waals surface area contributed by atoms with E-state index in [-0.39, 0.29) is 5.56 Å². The molecule has 1 heterocycles. The minimum absolute atomic E-state index is 0.107. The summed E-state index contributed by atoms with van der Waals surface area (Å²) in [5.74, 6) is -0.669. The molecule has 0 saturated carbocycles. The lowest BCUT2D eigenvalue weighted by Crippen LogP contribution is -2.13. The highest BCUT2D eigenvalue weighted by molar-refractivity contribution is 6.05. The molecule has 1 N–H and O–H groups in total. The highest BCUT2D eigenvalue weighted by Gasteiger charge is 2.30. The van der Waals surface area contributed by atoms with Crippen molar-refractivity contribution in [2.45, 2.75) is 6.18 Å². The number of carbonyl (C=O) groups is 1. The Bertz CT molecular complexity index is 976. The van der Waals surface area contributed by atoms with Gasteiger partial charge < -0.3 is 9.73 Å². The van der Waals surface area contributed by atoms with Crippen molar-refractivity contribution < 1.29 is 22.4 Å². The van der Waals surface area contributed by atoms with Gasteiger partial charge >= 0.3 is 11.8 Å². The zero-order valence-corrected chi connectivity index (χ0v) is 12.1. The number of amides is 1. The van der Waals surface area contributed by atoms with E-state index in [0.29, 0.717) is 16.7 Å². The Morgan fingerprint density at radius 2 is 1.79 bits per heavy atom. The molecule has 4 nitrogen and oxygen atoms in total. The maximum atomic E-state index is 12.7. The normalized spacial score (nSPS) is 11.5. The van der Waals surface area contributed by atoms with Gasteiger partial charge in [0.05, 0.1) is 5.56 Å². The first-order valence-electron chi connectivity index (χ1n) is 6.85. The molecule has 1 amide bonds. The predicted molar refractivity (Wildman–Crippen MR) is 81.9 cm³/mol. The second-order valence-electron chi connectivity index (χ2n) is 5.04. The Morgan fingerprint density at radius 3 is 2.54 bits per heavy atom. The van der Waals surface area contributed by atoms with Crippen molar-refractivity contribution in [1.29, 1.82) is 0 Å². The largest absolute Gasteiger partial charge is 0.423 e. The van der Waals surface area contributed by atoms with Gasteiger partial charge in [-0.05, 0) is 42.5 Å². The van der Waals surface area contributed by atoms with Crippen molar-refractivity contribution in [2.24, 2.45) is 0 Å². The van der Waals surface area contributed by atoms with Gasteiger partial charge in [0.15, 0.2) is 0 Å². The molecule has 0 radical (unpaired) electrons. The second kappa shape index (κ2) is 5.84. The number of benzene rings is 2. The third-order valence-corrected chi connectivity index (χ3v) is 3.33. The standard InChI is InChI=1S/C17H10F3NO3/c18-17(19,20)12-3-1-2-11(8-12)16(23)21-13-5-6-14-10(9-13)4-7-15(22)24-14/h1-9H,(H,21,23). The molecule has 0 aliphatic heterocycles. The molecule has 3 aromatic rings. The first kappa shape index (κ1) is 15.8. The van der Waals surface area contributed by atoms with E-state index in [1.807, 2.05) is 0 Å². The molecular weight excluding hydrogens is 323 g/mol. The summed E-state index contributed by atoms with van der Waals surface area (Å²) in [6.07, 6.45) is -4.52. The Balaban J connectivity index is 1.87. The molecule has 24 heavy (non-hydrogen) atoms. The summed E-state index contributed by atoms with van der Waals surface area (Å²) in [6.45, 7) is 0. The third-order valence-electron chi connectivity index (χ3n) is 3.33. The van der Waals surface area contributed by atoms with Crippen LogP contribution in [0.5, 0.6) is 0 Å². The van der Waals surface area contributed by atoms with Gasteiger partial charge in [0.1, 0.15) is 5.58 Å². The number of hydrogen-bond donors (Lipinski definition) is 1. The molecular formula is C17H10F3NO3. The van der Waals surface area contributed by atoms with Gasteiger partial charge in [-0.2, -0.15) is 13.2 Å². The van der Waals surface area contributed by atoms with Crippen LogP contribution in [0.25, 0.3) is 11.0 Å². The molecule has 0 fully saturated rings. The lowest BCUT2D eigenvalue weighted by atomic mass is 10.1. The van der Waals surface area contributed by atoms with E-state index in [9.17, 15) is 22.8 Å². The monoisotopic (exact) mass is 333 g/mol. The second-order valence-corrected chi connectivity index (χ2v) is 5.04. The number of rotatable bonds is 2. The minimum Gasteiger partial charge on any atom is -0.423 e. The average Bonchev–Trinajstić information content (AvgIpc) is 2.54. The Labute approximate surface area is 133 Å². The van der Waals surface area contributed by atoms with Gasteiger partial charge in [-0.25, -0.2) is 4.79 Å². The van der Waals surface area contributed by atoms with E-state index >= 15 is 0 Å². The fourth-order valence-electron chi connectivity index (χ4n) is 2.19. The van der Waals surface area contributed by atoms with Crippen LogP contribution in [-0.2, 0) is 6.18 Å². The van der Waals surface area contributed by atoms with Crippen LogP contribution in [0.3, 0.4) is 0 Å². The minimum atomic E-state index is -4.52. The van der Waals surface area contributed by atoms with Gasteiger partial charge in [0, 0.05) is 22.7 Å². The van der Waals surface area contributed by atoms with Gasteiger partial charge in [-0.3, -0.25) is 4.79 Å². The Kier molecular flexibility index (Phi) is 3.84. The van der Waals surface area contributed by atoms with Crippen molar-refractivity contribution in [1.82, 2.24) is 0 Å². The summed E-state index contributed by atoms with van der Waals surface area (Å²) in [6, 6.07) is 11.5. The van der Waals surface area contributed by atoms with Crippen LogP contribution >= 0.6 is 0 Å². The average molecular weight is 333 g/mol. The molecule has 0 spiro atoms. The molecule has 0 unspecified atom stereocenters. The summed E-state index contributed by atoms with van der Waals surface area (Å²) >= 11 is 0. The van der Waals surface area contributed by atoms with Crippen LogP contribution in [0.4, 0.5) is 18.9 Å². The maximum absolute atomic E-state index is 12.7. The number of halogens is 3. The third kappa shape index (κ3) is 3.29. The van der Waals surface area contributed by atoms with Crippen LogP contribution < -0.4 is 10.9 Å². The van der Waals surface area contributed by atoms with Crippen LogP contribution in [0.2, 0.25) is 0 Å². The maximum Gasteiger partial charge on any atom is 0.416 e. The topological polar surface area (TPSA) is 59.3 Å². The summed E-state index contributed by atoms with van der Waals surface area (Å²) in [5.41, 5.74) is -0.776. The summed E-state index contributed by atoms with van der Waals surface area (Å²) in [5, 5.41) is 3.10. The van der Waals surface area contributed by atoms with E-state index in [1.165, 1.54) is 36.4 Å². The van der Waals surface area contributed by atoms with Crippen molar-refractivity contribution in [3.05, 3.63) is 76.1 Å². The van der Waals surface area contributed by atoms with E-state index in [2.05, 4.69) is 5.32 Å². The van der Waals surface area contributed by atoms with Crippen molar-refractivity contribution in [2.75, 3.05) is 5.32 Å². The van der Waals surface area contributed by atoms with E-state index < -0.39 is 23.3 Å². The lowest BCUT2D eigenvalue weighted by Gasteiger charge is -2.09. The molecule has 122 valence electrons. The number of hydrogen-bond acceptors (Lipinski definition) is 3. The molecule has 0 aliphatic carbocycles. The fourth-order valence-corrected chi connectivity index (χ4v) is 2.19. The van der Waals surface area contributed by atoms with Crippen molar-refractivity contribution in [3.8, 4) is 0 Å². The first-order valence-corrected chi connectivity index (χ1v) is 6.85. The molecule has 0 saturated heterocycles. The SMILES string of the molecule is O=C(Nc1ccc2oc(=O)ccc2c1)c1cccc(C(F)(F)F)c1. The summed E-state index contributed by atoms with van der Waals surface area (Å²) in [4.78, 5) is 23.2. The molecule has 1 aromatic heterocycles. The predicted octanol–water partition coefficient (Wildman–Crippen LogP) is 4.06. The summed E-state index contributed by atoms with van der Waals surface area (Å²) < 4.78 is 43.1.